The monoisotopic (exact) mass is 299 g/mol. The molecule has 0 bridgehead atoms. The van der Waals surface area contributed by atoms with Gasteiger partial charge >= 0.3 is 0 Å². The molecule has 0 aromatic heterocycles. The van der Waals surface area contributed by atoms with Crippen molar-refractivity contribution in [3.8, 4) is 5.75 Å². The first-order valence-electron chi connectivity index (χ1n) is 5.90. The van der Waals surface area contributed by atoms with Crippen LogP contribution in [0.3, 0.4) is 0 Å². The molecule has 1 aliphatic rings. The summed E-state index contributed by atoms with van der Waals surface area (Å²) in [4.78, 5) is 24.4. The number of aromatic hydroxyl groups is 1. The number of carbonyl (C=O) groups is 2. The van der Waals surface area contributed by atoms with Crippen LogP contribution in [0.1, 0.15) is 13.3 Å². The standard InChI is InChI=1S/C13H14ClNO3S/c1-8(16)19-7-9-5-12(17)15(6-9)11-4-2-3-10(14)13(11)18/h2-4,9,18H,5-7H2,1H3. The highest BCUT2D eigenvalue weighted by Gasteiger charge is 2.32. The fourth-order valence-electron chi connectivity index (χ4n) is 2.08. The Labute approximate surface area is 120 Å². The molecule has 1 fully saturated rings. The Morgan fingerprint density at radius 3 is 3.00 bits per heavy atom. The first-order valence-corrected chi connectivity index (χ1v) is 7.26. The molecule has 1 unspecified atom stereocenters. The van der Waals surface area contributed by atoms with Crippen LogP contribution >= 0.6 is 23.4 Å². The minimum atomic E-state index is -0.0719. The van der Waals surface area contributed by atoms with Gasteiger partial charge in [0.25, 0.3) is 0 Å². The van der Waals surface area contributed by atoms with E-state index in [1.54, 1.807) is 18.2 Å². The second kappa shape index (κ2) is 5.84. The maximum absolute atomic E-state index is 12.0. The zero-order valence-corrected chi connectivity index (χ0v) is 12.0. The topological polar surface area (TPSA) is 57.6 Å². The lowest BCUT2D eigenvalue weighted by Crippen LogP contribution is -2.24. The van der Waals surface area contributed by atoms with Crippen molar-refractivity contribution in [1.82, 2.24) is 0 Å². The van der Waals surface area contributed by atoms with Gasteiger partial charge in [0.15, 0.2) is 10.9 Å². The summed E-state index contributed by atoms with van der Waals surface area (Å²) in [5.74, 6) is 0.628. The van der Waals surface area contributed by atoms with Crippen molar-refractivity contribution in [2.45, 2.75) is 13.3 Å². The first-order chi connectivity index (χ1) is 8.99. The van der Waals surface area contributed by atoms with E-state index < -0.39 is 0 Å². The van der Waals surface area contributed by atoms with Crippen molar-refractivity contribution >= 4 is 40.1 Å². The molecule has 1 aromatic carbocycles. The fourth-order valence-corrected chi connectivity index (χ4v) is 2.95. The molecule has 1 atom stereocenters. The van der Waals surface area contributed by atoms with Crippen molar-refractivity contribution in [3.63, 3.8) is 0 Å². The number of halogens is 1. The number of nitrogens with zero attached hydrogens (tertiary/aromatic N) is 1. The molecule has 1 aromatic rings. The van der Waals surface area contributed by atoms with Crippen LogP contribution in [0.5, 0.6) is 5.75 Å². The third-order valence-electron chi connectivity index (χ3n) is 2.98. The van der Waals surface area contributed by atoms with Crippen LogP contribution in [0.2, 0.25) is 5.02 Å². The van der Waals surface area contributed by atoms with E-state index in [-0.39, 0.29) is 27.7 Å². The first kappa shape index (κ1) is 14.2. The number of phenols is 1. The normalized spacial score (nSPS) is 18.9. The van der Waals surface area contributed by atoms with E-state index in [0.717, 1.165) is 0 Å². The molecule has 102 valence electrons. The van der Waals surface area contributed by atoms with Gasteiger partial charge in [-0.3, -0.25) is 9.59 Å². The van der Waals surface area contributed by atoms with Crippen LogP contribution in [-0.2, 0) is 9.59 Å². The Balaban J connectivity index is 2.11. The summed E-state index contributed by atoms with van der Waals surface area (Å²) in [5, 5.41) is 10.2. The van der Waals surface area contributed by atoms with Crippen molar-refractivity contribution in [2.75, 3.05) is 17.2 Å². The molecule has 1 heterocycles. The van der Waals surface area contributed by atoms with E-state index >= 15 is 0 Å². The second-order valence-corrected chi connectivity index (χ2v) is 6.09. The summed E-state index contributed by atoms with van der Waals surface area (Å²) >= 11 is 7.07. The van der Waals surface area contributed by atoms with Crippen molar-refractivity contribution in [3.05, 3.63) is 23.2 Å². The van der Waals surface area contributed by atoms with Crippen LogP contribution in [0.4, 0.5) is 5.69 Å². The average molecular weight is 300 g/mol. The Hall–Kier alpha value is -1.20. The van der Waals surface area contributed by atoms with Gasteiger partial charge in [-0.1, -0.05) is 29.4 Å². The van der Waals surface area contributed by atoms with E-state index in [9.17, 15) is 14.7 Å². The molecule has 1 amide bonds. The molecule has 0 saturated carbocycles. The number of amides is 1. The molecule has 1 saturated heterocycles. The van der Waals surface area contributed by atoms with Crippen LogP contribution in [0.25, 0.3) is 0 Å². The highest BCUT2D eigenvalue weighted by atomic mass is 35.5. The summed E-state index contributed by atoms with van der Waals surface area (Å²) in [6, 6.07) is 4.94. The third kappa shape index (κ3) is 3.22. The lowest BCUT2D eigenvalue weighted by molar-refractivity contribution is -0.117. The zero-order chi connectivity index (χ0) is 14.0. The van der Waals surface area contributed by atoms with Gasteiger partial charge < -0.3 is 10.0 Å². The van der Waals surface area contributed by atoms with E-state index in [0.29, 0.717) is 24.4 Å². The summed E-state index contributed by atoms with van der Waals surface area (Å²) in [6.07, 6.45) is 0.395. The number of phenolic OH excluding ortho intramolecular Hbond substituents is 1. The van der Waals surface area contributed by atoms with E-state index in [1.165, 1.54) is 23.6 Å². The lowest BCUT2D eigenvalue weighted by Gasteiger charge is -2.18. The summed E-state index contributed by atoms with van der Waals surface area (Å²) in [6.45, 7) is 2.02. The van der Waals surface area contributed by atoms with Gasteiger partial charge in [0.2, 0.25) is 5.91 Å². The molecular weight excluding hydrogens is 286 g/mol. The minimum absolute atomic E-state index is 0.0493. The predicted molar refractivity (Wildman–Crippen MR) is 76.7 cm³/mol. The molecule has 1 N–H and O–H groups in total. The van der Waals surface area contributed by atoms with Gasteiger partial charge in [-0.25, -0.2) is 0 Å². The molecule has 6 heteroatoms. The Morgan fingerprint density at radius 2 is 2.32 bits per heavy atom. The number of anilines is 1. The average Bonchev–Trinajstić information content (AvgIpc) is 2.71. The van der Waals surface area contributed by atoms with E-state index in [2.05, 4.69) is 0 Å². The quantitative estimate of drug-likeness (QED) is 0.932. The summed E-state index contributed by atoms with van der Waals surface area (Å²) in [7, 11) is 0. The molecule has 0 radical (unpaired) electrons. The molecule has 0 aliphatic carbocycles. The SMILES string of the molecule is CC(=O)SCC1CC(=O)N(c2cccc(Cl)c2O)C1. The van der Waals surface area contributed by atoms with Gasteiger partial charge in [-0.2, -0.15) is 0 Å². The second-order valence-electron chi connectivity index (χ2n) is 4.48. The van der Waals surface area contributed by atoms with Crippen LogP contribution in [0.15, 0.2) is 18.2 Å². The number of benzene rings is 1. The van der Waals surface area contributed by atoms with Crippen LogP contribution in [0, 0.1) is 5.92 Å². The molecule has 19 heavy (non-hydrogen) atoms. The highest BCUT2D eigenvalue weighted by Crippen LogP contribution is 2.37. The van der Waals surface area contributed by atoms with Gasteiger partial charge in [0.05, 0.1) is 10.7 Å². The van der Waals surface area contributed by atoms with Gasteiger partial charge in [-0.05, 0) is 18.1 Å². The van der Waals surface area contributed by atoms with Gasteiger partial charge in [0.1, 0.15) is 0 Å². The van der Waals surface area contributed by atoms with Gasteiger partial charge in [0, 0.05) is 25.6 Å². The number of hydrogen-bond acceptors (Lipinski definition) is 4. The van der Waals surface area contributed by atoms with E-state index in [4.69, 9.17) is 11.6 Å². The number of rotatable bonds is 3. The lowest BCUT2D eigenvalue weighted by atomic mass is 10.1. The molecule has 1 aliphatic heterocycles. The number of hydrogen-bond donors (Lipinski definition) is 1. The van der Waals surface area contributed by atoms with E-state index in [1.807, 2.05) is 0 Å². The largest absolute Gasteiger partial charge is 0.504 e. The van der Waals surface area contributed by atoms with Crippen LogP contribution in [-0.4, -0.2) is 28.4 Å². The summed E-state index contributed by atoms with van der Waals surface area (Å²) < 4.78 is 0. The maximum Gasteiger partial charge on any atom is 0.227 e. The smallest absolute Gasteiger partial charge is 0.227 e. The highest BCUT2D eigenvalue weighted by molar-refractivity contribution is 8.13. The molecule has 2 rings (SSSR count). The van der Waals surface area contributed by atoms with Gasteiger partial charge in [-0.15, -0.1) is 0 Å². The Bertz CT molecular complexity index is 521. The van der Waals surface area contributed by atoms with Crippen molar-refractivity contribution in [2.24, 2.45) is 5.92 Å². The summed E-state index contributed by atoms with van der Waals surface area (Å²) in [5.41, 5.74) is 0.438. The number of para-hydroxylation sites is 1. The Kier molecular flexibility index (Phi) is 4.37. The third-order valence-corrected chi connectivity index (χ3v) is 4.33. The number of carbonyl (C=O) groups excluding carboxylic acids is 2. The van der Waals surface area contributed by atoms with Crippen LogP contribution < -0.4 is 4.90 Å². The minimum Gasteiger partial charge on any atom is -0.504 e. The van der Waals surface area contributed by atoms with Crippen molar-refractivity contribution < 1.29 is 14.7 Å². The molecule has 4 nitrogen and oxygen atoms in total. The molecule has 0 spiro atoms. The molecular formula is C13H14ClNO3S. The predicted octanol–water partition coefficient (Wildman–Crippen LogP) is 2.68. The van der Waals surface area contributed by atoms with Crippen molar-refractivity contribution in [1.29, 1.82) is 0 Å². The fraction of sp³-hybridized carbons (Fsp3) is 0.385. The number of thioether (sulfide) groups is 1. The Morgan fingerprint density at radius 1 is 1.58 bits per heavy atom. The maximum atomic E-state index is 12.0. The zero-order valence-electron chi connectivity index (χ0n) is 10.4.